The molecule has 1 N–H and O–H groups in total. The predicted molar refractivity (Wildman–Crippen MR) is 89.2 cm³/mol. The van der Waals surface area contributed by atoms with E-state index < -0.39 is 0 Å². The highest BCUT2D eigenvalue weighted by Crippen LogP contribution is 2.36. The number of imidazole rings is 1. The van der Waals surface area contributed by atoms with Crippen LogP contribution < -0.4 is 0 Å². The van der Waals surface area contributed by atoms with Crippen LogP contribution in [0.1, 0.15) is 70.7 Å². The minimum Gasteiger partial charge on any atom is -0.348 e. The summed E-state index contributed by atoms with van der Waals surface area (Å²) in [6.45, 7) is 12.0. The van der Waals surface area contributed by atoms with Crippen molar-refractivity contribution in [3.05, 3.63) is 53.6 Å². The maximum Gasteiger partial charge on any atom is 0.0921 e. The molecule has 1 aliphatic rings. The Labute approximate surface area is 124 Å². The average Bonchev–Trinajstić information content (AvgIpc) is 3.22. The molecular weight excluding hydrogens is 244 g/mol. The van der Waals surface area contributed by atoms with Crippen molar-refractivity contribution in [1.82, 2.24) is 9.97 Å². The molecule has 2 aromatic rings. The predicted octanol–water partition coefficient (Wildman–Crippen LogP) is 5.57. The van der Waals surface area contributed by atoms with Crippen LogP contribution in [0.25, 0.3) is 0 Å². The molecule has 112 valence electrons. The molecule has 1 unspecified atom stereocenters. The summed E-state index contributed by atoms with van der Waals surface area (Å²) in [7, 11) is 0. The van der Waals surface area contributed by atoms with Crippen LogP contribution in [0.15, 0.2) is 36.8 Å². The average molecular weight is 274 g/mol. The van der Waals surface area contributed by atoms with Crippen LogP contribution in [0.5, 0.6) is 0 Å². The van der Waals surface area contributed by atoms with E-state index in [0.717, 1.165) is 0 Å². The molecule has 1 atom stereocenters. The van der Waals surface area contributed by atoms with Crippen molar-refractivity contribution in [3.8, 4) is 0 Å². The van der Waals surface area contributed by atoms with Gasteiger partial charge in [0.25, 0.3) is 0 Å². The Kier molecular flexibility index (Phi) is 10.4. The Balaban J connectivity index is 0.000000538. The van der Waals surface area contributed by atoms with Gasteiger partial charge < -0.3 is 4.98 Å². The molecule has 2 nitrogen and oxygen atoms in total. The molecule has 0 aliphatic heterocycles. The zero-order chi connectivity index (χ0) is 15.4. The van der Waals surface area contributed by atoms with Crippen LogP contribution in [0, 0.1) is 0 Å². The van der Waals surface area contributed by atoms with E-state index in [1.165, 1.54) is 29.7 Å². The van der Waals surface area contributed by atoms with E-state index in [2.05, 4.69) is 34.2 Å². The highest BCUT2D eigenvalue weighted by atomic mass is 14.9. The molecule has 3 rings (SSSR count). The molecule has 2 heteroatoms. The molecule has 1 aliphatic carbocycles. The molecule has 0 fully saturated rings. The second-order valence-electron chi connectivity index (χ2n) is 3.80. The minimum absolute atomic E-state index is 0.536. The van der Waals surface area contributed by atoms with Gasteiger partial charge in [0.1, 0.15) is 0 Å². The molecular formula is C18H30N2. The molecule has 0 saturated heterocycles. The van der Waals surface area contributed by atoms with Crippen molar-refractivity contribution < 1.29 is 0 Å². The monoisotopic (exact) mass is 274 g/mol. The Morgan fingerprint density at radius 2 is 1.65 bits per heavy atom. The summed E-state index contributed by atoms with van der Waals surface area (Å²) in [4.78, 5) is 7.29. The third kappa shape index (κ3) is 4.52. The van der Waals surface area contributed by atoms with E-state index in [1.807, 2.05) is 47.7 Å². The maximum atomic E-state index is 4.08. The quantitative estimate of drug-likeness (QED) is 0.724. The van der Waals surface area contributed by atoms with Crippen molar-refractivity contribution in [1.29, 1.82) is 0 Å². The molecule has 1 aromatic heterocycles. The van der Waals surface area contributed by atoms with Gasteiger partial charge in [0.2, 0.25) is 0 Å². The van der Waals surface area contributed by atoms with E-state index in [4.69, 9.17) is 0 Å². The van der Waals surface area contributed by atoms with Crippen molar-refractivity contribution in [2.24, 2.45) is 0 Å². The van der Waals surface area contributed by atoms with Gasteiger partial charge in [0.05, 0.1) is 6.33 Å². The second-order valence-corrected chi connectivity index (χ2v) is 3.80. The minimum atomic E-state index is 0.536. The number of nitrogens with one attached hydrogen (secondary N) is 1. The van der Waals surface area contributed by atoms with Crippen molar-refractivity contribution in [2.45, 2.75) is 60.3 Å². The number of benzene rings is 1. The number of hydrogen-bond acceptors (Lipinski definition) is 1. The summed E-state index contributed by atoms with van der Waals surface area (Å²) in [5.41, 5.74) is 4.21. The lowest BCUT2D eigenvalue weighted by Crippen LogP contribution is -1.95. The zero-order valence-electron chi connectivity index (χ0n) is 13.9. The Hall–Kier alpha value is -1.57. The number of aromatic amines is 1. The smallest absolute Gasteiger partial charge is 0.0921 e. The topological polar surface area (TPSA) is 28.7 Å². The first-order chi connectivity index (χ1) is 9.95. The molecule has 0 amide bonds. The number of aromatic nitrogens is 2. The molecule has 0 spiro atoms. The normalized spacial score (nSPS) is 14.6. The van der Waals surface area contributed by atoms with Gasteiger partial charge in [-0.3, -0.25) is 0 Å². The Morgan fingerprint density at radius 3 is 2.25 bits per heavy atom. The zero-order valence-corrected chi connectivity index (χ0v) is 13.9. The second kappa shape index (κ2) is 11.3. The fourth-order valence-electron chi connectivity index (χ4n) is 2.34. The number of hydrogen-bond donors (Lipinski definition) is 1. The van der Waals surface area contributed by atoms with Crippen molar-refractivity contribution >= 4 is 0 Å². The van der Waals surface area contributed by atoms with Crippen LogP contribution in [-0.2, 0) is 6.42 Å². The first kappa shape index (κ1) is 18.4. The fourth-order valence-corrected chi connectivity index (χ4v) is 2.34. The third-order valence-corrected chi connectivity index (χ3v) is 3.03. The highest BCUT2D eigenvalue weighted by molar-refractivity contribution is 5.39. The van der Waals surface area contributed by atoms with Gasteiger partial charge in [-0.05, 0) is 24.0 Å². The highest BCUT2D eigenvalue weighted by Gasteiger charge is 2.23. The summed E-state index contributed by atoms with van der Waals surface area (Å²) < 4.78 is 0. The van der Waals surface area contributed by atoms with E-state index in [0.29, 0.717) is 5.92 Å². The summed E-state index contributed by atoms with van der Waals surface area (Å²) in [6.07, 6.45) is 6.10. The van der Waals surface area contributed by atoms with E-state index in [9.17, 15) is 0 Å². The fraction of sp³-hybridized carbons (Fsp3) is 0.500. The summed E-state index contributed by atoms with van der Waals surface area (Å²) in [5.74, 6) is 0.536. The first-order valence-corrected chi connectivity index (χ1v) is 8.01. The lowest BCUT2D eigenvalue weighted by molar-refractivity contribution is 0.767. The molecule has 1 heterocycles. The van der Waals surface area contributed by atoms with Gasteiger partial charge >= 0.3 is 0 Å². The largest absolute Gasteiger partial charge is 0.348 e. The lowest BCUT2D eigenvalue weighted by atomic mass is 9.99. The number of rotatable bonds is 1. The maximum absolute atomic E-state index is 4.08. The summed E-state index contributed by atoms with van der Waals surface area (Å²) >= 11 is 0. The molecule has 20 heavy (non-hydrogen) atoms. The van der Waals surface area contributed by atoms with Gasteiger partial charge in [0, 0.05) is 17.8 Å². The van der Waals surface area contributed by atoms with Crippen molar-refractivity contribution in [3.63, 3.8) is 0 Å². The van der Waals surface area contributed by atoms with Crippen LogP contribution in [0.2, 0.25) is 0 Å². The number of aryl methyl sites for hydroxylation is 1. The summed E-state index contributed by atoms with van der Waals surface area (Å²) in [6, 6.07) is 8.70. The van der Waals surface area contributed by atoms with Crippen LogP contribution in [0.4, 0.5) is 0 Å². The number of nitrogens with zero attached hydrogens (tertiary/aromatic N) is 1. The van der Waals surface area contributed by atoms with Gasteiger partial charge in [-0.25, -0.2) is 4.98 Å². The van der Waals surface area contributed by atoms with Gasteiger partial charge in [-0.2, -0.15) is 0 Å². The number of H-pyrrole nitrogens is 1. The number of fused-ring (bicyclic) bond motifs is 1. The Morgan fingerprint density at radius 1 is 1.00 bits per heavy atom. The molecule has 0 bridgehead atoms. The lowest BCUT2D eigenvalue weighted by Gasteiger charge is -2.08. The van der Waals surface area contributed by atoms with E-state index in [-0.39, 0.29) is 0 Å². The molecule has 1 aromatic carbocycles. The van der Waals surface area contributed by atoms with E-state index in [1.54, 1.807) is 6.33 Å². The SMILES string of the molecule is CC.CC.CC.c1ccc2c(c1)CCC2c1cnc[nH]1. The molecule has 0 radical (unpaired) electrons. The van der Waals surface area contributed by atoms with Crippen molar-refractivity contribution in [2.75, 3.05) is 0 Å². The van der Waals surface area contributed by atoms with E-state index >= 15 is 0 Å². The standard InChI is InChI=1S/C12H12N2.3C2H6/c1-2-4-10-9(3-1)5-6-11(10)12-7-13-8-14-12;3*1-2/h1-4,7-8,11H,5-6H2,(H,13,14);3*1-2H3. The van der Waals surface area contributed by atoms with Gasteiger partial charge in [-0.15, -0.1) is 0 Å². The van der Waals surface area contributed by atoms with Crippen LogP contribution >= 0.6 is 0 Å². The third-order valence-electron chi connectivity index (χ3n) is 3.03. The van der Waals surface area contributed by atoms with Crippen LogP contribution in [0.3, 0.4) is 0 Å². The Bertz CT molecular complexity index is 432. The van der Waals surface area contributed by atoms with Gasteiger partial charge in [0.15, 0.2) is 0 Å². The first-order valence-electron chi connectivity index (χ1n) is 8.01. The van der Waals surface area contributed by atoms with Gasteiger partial charge in [-0.1, -0.05) is 65.8 Å². The van der Waals surface area contributed by atoms with Crippen LogP contribution in [-0.4, -0.2) is 9.97 Å². The summed E-state index contributed by atoms with van der Waals surface area (Å²) in [5, 5.41) is 0. The molecule has 0 saturated carbocycles.